The summed E-state index contributed by atoms with van der Waals surface area (Å²) in [6, 6.07) is 19.1. The van der Waals surface area contributed by atoms with Gasteiger partial charge in [-0.2, -0.15) is 0 Å². The summed E-state index contributed by atoms with van der Waals surface area (Å²) in [6.45, 7) is 6.99. The molecule has 28 heavy (non-hydrogen) atoms. The summed E-state index contributed by atoms with van der Waals surface area (Å²) in [4.78, 5) is 14.8. The molecule has 1 amide bonds. The van der Waals surface area contributed by atoms with E-state index in [9.17, 15) is 4.79 Å². The lowest BCUT2D eigenvalue weighted by molar-refractivity contribution is 0.0929. The van der Waals surface area contributed by atoms with Crippen molar-refractivity contribution in [1.29, 1.82) is 0 Å². The van der Waals surface area contributed by atoms with Crippen LogP contribution in [-0.4, -0.2) is 19.0 Å². The van der Waals surface area contributed by atoms with Crippen molar-refractivity contribution in [2.45, 2.75) is 27.1 Å². The summed E-state index contributed by atoms with van der Waals surface area (Å²) in [7, 11) is 0. The van der Waals surface area contributed by atoms with Gasteiger partial charge in [0.1, 0.15) is 12.4 Å². The highest BCUT2D eigenvalue weighted by Gasteiger charge is 2.08. The molecule has 0 fully saturated rings. The molecule has 0 radical (unpaired) electrons. The number of amides is 1. The average Bonchev–Trinajstić information content (AvgIpc) is 3.23. The van der Waals surface area contributed by atoms with Gasteiger partial charge in [0.05, 0.1) is 12.9 Å². The maximum absolute atomic E-state index is 12.5. The Morgan fingerprint density at radius 1 is 1.00 bits per heavy atom. The Kier molecular flexibility index (Phi) is 6.87. The van der Waals surface area contributed by atoms with E-state index in [4.69, 9.17) is 9.15 Å². The van der Waals surface area contributed by atoms with Crippen molar-refractivity contribution in [1.82, 2.24) is 0 Å². The molecule has 2 aromatic carbocycles. The topological polar surface area (TPSA) is 54.7 Å². The molecule has 3 rings (SSSR count). The predicted molar refractivity (Wildman–Crippen MR) is 112 cm³/mol. The summed E-state index contributed by atoms with van der Waals surface area (Å²) in [6.07, 6.45) is 1.63. The van der Waals surface area contributed by atoms with Crippen LogP contribution in [0.3, 0.4) is 0 Å². The quantitative estimate of drug-likeness (QED) is 0.563. The van der Waals surface area contributed by atoms with Gasteiger partial charge in [-0.05, 0) is 67.9 Å². The molecule has 146 valence electrons. The molecule has 1 aromatic heterocycles. The second kappa shape index (κ2) is 9.76. The largest absolute Gasteiger partial charge is 0.467 e. The predicted octanol–water partition coefficient (Wildman–Crippen LogP) is 5.09. The molecule has 5 nitrogen and oxygen atoms in total. The monoisotopic (exact) mass is 378 g/mol. The van der Waals surface area contributed by atoms with E-state index in [0.717, 1.165) is 35.8 Å². The number of ether oxygens (including phenoxy) is 1. The van der Waals surface area contributed by atoms with Crippen LogP contribution < -0.4 is 10.2 Å². The number of rotatable bonds is 9. The molecule has 0 aliphatic heterocycles. The Hall–Kier alpha value is -3.05. The average molecular weight is 378 g/mol. The van der Waals surface area contributed by atoms with Gasteiger partial charge in [-0.1, -0.05) is 12.1 Å². The normalized spacial score (nSPS) is 10.6. The molecule has 0 atom stereocenters. The molecule has 0 aliphatic carbocycles. The number of carbonyl (C=O) groups is 1. The molecule has 3 aromatic rings. The first-order chi connectivity index (χ1) is 13.7. The Morgan fingerprint density at radius 3 is 2.46 bits per heavy atom. The molecular weight excluding hydrogens is 352 g/mol. The van der Waals surface area contributed by atoms with Crippen molar-refractivity contribution in [3.05, 3.63) is 83.8 Å². The third-order valence-corrected chi connectivity index (χ3v) is 4.54. The molecule has 5 heteroatoms. The zero-order valence-corrected chi connectivity index (χ0v) is 16.4. The molecule has 0 spiro atoms. The maximum atomic E-state index is 12.5. The number of hydrogen-bond acceptors (Lipinski definition) is 4. The second-order valence-electron chi connectivity index (χ2n) is 6.45. The van der Waals surface area contributed by atoms with Crippen molar-refractivity contribution < 1.29 is 13.9 Å². The number of hydrogen-bond donors (Lipinski definition) is 1. The summed E-state index contributed by atoms with van der Waals surface area (Å²) >= 11 is 0. The van der Waals surface area contributed by atoms with Crippen LogP contribution in [0.1, 0.15) is 35.5 Å². The number of anilines is 2. The van der Waals surface area contributed by atoms with Gasteiger partial charge in [-0.25, -0.2) is 0 Å². The van der Waals surface area contributed by atoms with Crippen LogP contribution in [0.4, 0.5) is 11.4 Å². The fraction of sp³-hybridized carbons (Fsp3) is 0.261. The number of nitrogens with zero attached hydrogens (tertiary/aromatic N) is 1. The molecule has 1 heterocycles. The number of furan rings is 1. The van der Waals surface area contributed by atoms with E-state index >= 15 is 0 Å². The van der Waals surface area contributed by atoms with Crippen molar-refractivity contribution in [2.75, 3.05) is 23.3 Å². The second-order valence-corrected chi connectivity index (χ2v) is 6.45. The molecule has 0 unspecified atom stereocenters. The maximum Gasteiger partial charge on any atom is 0.255 e. The van der Waals surface area contributed by atoms with Crippen LogP contribution in [0.25, 0.3) is 0 Å². The smallest absolute Gasteiger partial charge is 0.255 e. The Labute approximate surface area is 165 Å². The SMILES string of the molecule is CCN(CC)c1ccc(C(=O)Nc2cccc(COCc3ccco3)c2)cc1. The van der Waals surface area contributed by atoms with Crippen LogP contribution in [0, 0.1) is 0 Å². The van der Waals surface area contributed by atoms with Gasteiger partial charge in [0.2, 0.25) is 0 Å². The van der Waals surface area contributed by atoms with Crippen molar-refractivity contribution in [2.24, 2.45) is 0 Å². The van der Waals surface area contributed by atoms with Gasteiger partial charge in [0, 0.05) is 30.0 Å². The van der Waals surface area contributed by atoms with Gasteiger partial charge >= 0.3 is 0 Å². The zero-order valence-electron chi connectivity index (χ0n) is 16.4. The number of nitrogens with one attached hydrogen (secondary N) is 1. The third-order valence-electron chi connectivity index (χ3n) is 4.54. The molecule has 0 aliphatic rings. The first kappa shape index (κ1) is 19.7. The Balaban J connectivity index is 1.57. The van der Waals surface area contributed by atoms with Gasteiger partial charge in [0.25, 0.3) is 5.91 Å². The Morgan fingerprint density at radius 2 is 1.79 bits per heavy atom. The highest BCUT2D eigenvalue weighted by Crippen LogP contribution is 2.17. The molecule has 0 saturated heterocycles. The molecule has 0 saturated carbocycles. The van der Waals surface area contributed by atoms with E-state index in [1.54, 1.807) is 6.26 Å². The van der Waals surface area contributed by atoms with E-state index < -0.39 is 0 Å². The third kappa shape index (κ3) is 5.24. The lowest BCUT2D eigenvalue weighted by Gasteiger charge is -2.21. The van der Waals surface area contributed by atoms with Gasteiger partial charge in [-0.3, -0.25) is 4.79 Å². The first-order valence-electron chi connectivity index (χ1n) is 9.55. The van der Waals surface area contributed by atoms with Crippen LogP contribution in [0.15, 0.2) is 71.3 Å². The van der Waals surface area contributed by atoms with Crippen molar-refractivity contribution in [3.63, 3.8) is 0 Å². The first-order valence-corrected chi connectivity index (χ1v) is 9.55. The minimum atomic E-state index is -0.125. The van der Waals surface area contributed by atoms with Gasteiger partial charge in [0.15, 0.2) is 0 Å². The lowest BCUT2D eigenvalue weighted by Crippen LogP contribution is -2.21. The van der Waals surface area contributed by atoms with E-state index in [1.807, 2.05) is 60.7 Å². The summed E-state index contributed by atoms with van der Waals surface area (Å²) in [5.41, 5.74) is 3.49. The lowest BCUT2D eigenvalue weighted by atomic mass is 10.1. The minimum Gasteiger partial charge on any atom is -0.467 e. The summed E-state index contributed by atoms with van der Waals surface area (Å²) < 4.78 is 10.9. The fourth-order valence-corrected chi connectivity index (χ4v) is 3.02. The highest BCUT2D eigenvalue weighted by molar-refractivity contribution is 6.04. The standard InChI is InChI=1S/C23H26N2O3/c1-3-25(4-2)21-12-10-19(11-13-21)23(26)24-20-8-5-7-18(15-20)16-27-17-22-9-6-14-28-22/h5-15H,3-4,16-17H2,1-2H3,(H,24,26). The van der Waals surface area contributed by atoms with E-state index in [2.05, 4.69) is 24.1 Å². The summed E-state index contributed by atoms with van der Waals surface area (Å²) in [5, 5.41) is 2.95. The zero-order chi connectivity index (χ0) is 19.8. The summed E-state index contributed by atoms with van der Waals surface area (Å²) in [5.74, 6) is 0.664. The van der Waals surface area contributed by atoms with Crippen LogP contribution in [-0.2, 0) is 18.0 Å². The molecule has 1 N–H and O–H groups in total. The van der Waals surface area contributed by atoms with Crippen LogP contribution >= 0.6 is 0 Å². The van der Waals surface area contributed by atoms with Crippen LogP contribution in [0.5, 0.6) is 0 Å². The molecular formula is C23H26N2O3. The number of benzene rings is 2. The van der Waals surface area contributed by atoms with Gasteiger partial charge in [-0.15, -0.1) is 0 Å². The van der Waals surface area contributed by atoms with Crippen LogP contribution in [0.2, 0.25) is 0 Å². The van der Waals surface area contributed by atoms with Gasteiger partial charge < -0.3 is 19.4 Å². The van der Waals surface area contributed by atoms with E-state index in [0.29, 0.717) is 18.8 Å². The highest BCUT2D eigenvalue weighted by atomic mass is 16.5. The van der Waals surface area contributed by atoms with E-state index in [1.165, 1.54) is 0 Å². The minimum absolute atomic E-state index is 0.125. The van der Waals surface area contributed by atoms with Crippen molar-refractivity contribution >= 4 is 17.3 Å². The fourth-order valence-electron chi connectivity index (χ4n) is 3.02. The molecule has 0 bridgehead atoms. The van der Waals surface area contributed by atoms with Crippen molar-refractivity contribution in [3.8, 4) is 0 Å². The Bertz CT molecular complexity index is 869. The van der Waals surface area contributed by atoms with E-state index in [-0.39, 0.29) is 5.91 Å². The number of carbonyl (C=O) groups excluding carboxylic acids is 1.